The molecule has 0 radical (unpaired) electrons. The topological polar surface area (TPSA) is 59.3 Å². The second-order valence-electron chi connectivity index (χ2n) is 5.63. The van der Waals surface area contributed by atoms with E-state index in [4.69, 9.17) is 16.6 Å². The van der Waals surface area contributed by atoms with Crippen molar-refractivity contribution in [2.75, 3.05) is 5.32 Å². The van der Waals surface area contributed by atoms with Gasteiger partial charge in [0.05, 0.1) is 21.7 Å². The maximum atomic E-state index is 9.69. The van der Waals surface area contributed by atoms with E-state index in [0.29, 0.717) is 10.8 Å². The number of aromatic hydroxyl groups is 1. The Bertz CT molecular complexity index is 1070. The van der Waals surface area contributed by atoms with Gasteiger partial charge in [-0.25, -0.2) is 4.98 Å². The van der Waals surface area contributed by atoms with E-state index in [9.17, 15) is 5.11 Å². The van der Waals surface area contributed by atoms with Gasteiger partial charge < -0.3 is 5.11 Å². The molecule has 4 nitrogen and oxygen atoms in total. The standard InChI is InChI=1S/C20H14ClN3O/c21-17-10-3-1-8-15(17)19-23-18-11-4-2-9-16(18)20(24-19)22-13-6-5-7-14(25)12-13/h1-12,25H,(H,22,23,24)/p+1. The monoisotopic (exact) mass is 348 g/mol. The van der Waals surface area contributed by atoms with Gasteiger partial charge in [-0.3, -0.25) is 5.32 Å². The quantitative estimate of drug-likeness (QED) is 0.558. The molecular weight excluding hydrogens is 334 g/mol. The third kappa shape index (κ3) is 3.12. The molecule has 0 unspecified atom stereocenters. The number of benzene rings is 3. The number of nitrogens with one attached hydrogen (secondary N) is 2. The minimum atomic E-state index is 0.203. The number of halogens is 1. The number of phenols is 1. The lowest BCUT2D eigenvalue weighted by Gasteiger charge is -2.07. The Kier molecular flexibility index (Phi) is 3.96. The SMILES string of the molecule is Oc1cccc(Nc2[nH+]c(-c3ccccc3Cl)nc3ccccc23)c1. The van der Waals surface area contributed by atoms with Crippen LogP contribution in [0.2, 0.25) is 5.02 Å². The zero-order valence-electron chi connectivity index (χ0n) is 13.2. The molecular formula is C20H15ClN3O+. The summed E-state index contributed by atoms with van der Waals surface area (Å²) in [5.74, 6) is 1.66. The van der Waals surface area contributed by atoms with Crippen LogP contribution in [0.4, 0.5) is 11.5 Å². The van der Waals surface area contributed by atoms with Crippen molar-refractivity contribution in [3.05, 3.63) is 77.8 Å². The van der Waals surface area contributed by atoms with E-state index in [0.717, 1.165) is 28.0 Å². The van der Waals surface area contributed by atoms with E-state index in [-0.39, 0.29) is 5.75 Å². The summed E-state index contributed by atoms with van der Waals surface area (Å²) in [7, 11) is 0. The molecule has 5 heteroatoms. The number of hydrogen-bond donors (Lipinski definition) is 2. The molecule has 4 rings (SSSR count). The van der Waals surface area contributed by atoms with Crippen molar-refractivity contribution in [1.29, 1.82) is 0 Å². The molecule has 25 heavy (non-hydrogen) atoms. The molecule has 0 aliphatic heterocycles. The molecule has 1 aromatic heterocycles. The van der Waals surface area contributed by atoms with Crippen LogP contribution in [0.25, 0.3) is 22.3 Å². The van der Waals surface area contributed by atoms with Crippen LogP contribution in [-0.4, -0.2) is 10.1 Å². The highest BCUT2D eigenvalue weighted by atomic mass is 35.5. The van der Waals surface area contributed by atoms with Crippen molar-refractivity contribution in [3.8, 4) is 17.1 Å². The van der Waals surface area contributed by atoms with Crippen LogP contribution in [0.1, 0.15) is 0 Å². The molecule has 3 N–H and O–H groups in total. The first-order valence-electron chi connectivity index (χ1n) is 7.84. The van der Waals surface area contributed by atoms with Crippen LogP contribution < -0.4 is 10.3 Å². The van der Waals surface area contributed by atoms with E-state index in [1.54, 1.807) is 18.2 Å². The molecule has 0 spiro atoms. The van der Waals surface area contributed by atoms with E-state index in [2.05, 4.69) is 10.3 Å². The molecule has 0 atom stereocenters. The van der Waals surface area contributed by atoms with Crippen LogP contribution in [0.15, 0.2) is 72.8 Å². The van der Waals surface area contributed by atoms with Crippen LogP contribution >= 0.6 is 11.6 Å². The minimum Gasteiger partial charge on any atom is -0.508 e. The summed E-state index contributed by atoms with van der Waals surface area (Å²) < 4.78 is 0. The predicted molar refractivity (Wildman–Crippen MR) is 100 cm³/mol. The van der Waals surface area contributed by atoms with Gasteiger partial charge in [0.2, 0.25) is 5.82 Å². The van der Waals surface area contributed by atoms with E-state index >= 15 is 0 Å². The zero-order valence-corrected chi connectivity index (χ0v) is 14.0. The molecule has 0 amide bonds. The largest absolute Gasteiger partial charge is 0.508 e. The van der Waals surface area contributed by atoms with Crippen molar-refractivity contribution in [3.63, 3.8) is 0 Å². The van der Waals surface area contributed by atoms with Crippen molar-refractivity contribution in [1.82, 2.24) is 4.98 Å². The molecule has 0 aliphatic rings. The average molecular weight is 349 g/mol. The van der Waals surface area contributed by atoms with Crippen LogP contribution in [0, 0.1) is 0 Å². The number of rotatable bonds is 3. The van der Waals surface area contributed by atoms with Crippen LogP contribution in [-0.2, 0) is 0 Å². The highest BCUT2D eigenvalue weighted by Gasteiger charge is 2.17. The number of phenolic OH excluding ortho intramolecular Hbond substituents is 1. The number of nitrogens with zero attached hydrogens (tertiary/aromatic N) is 1. The lowest BCUT2D eigenvalue weighted by Crippen LogP contribution is -2.16. The average Bonchev–Trinajstić information content (AvgIpc) is 2.62. The summed E-state index contributed by atoms with van der Waals surface area (Å²) in [4.78, 5) is 8.02. The third-order valence-electron chi connectivity index (χ3n) is 3.89. The van der Waals surface area contributed by atoms with Gasteiger partial charge in [0.1, 0.15) is 5.75 Å². The molecule has 0 fully saturated rings. The smallest absolute Gasteiger partial charge is 0.269 e. The van der Waals surface area contributed by atoms with Crippen molar-refractivity contribution >= 4 is 34.0 Å². The molecule has 0 saturated carbocycles. The molecule has 4 aromatic rings. The number of anilines is 2. The summed E-state index contributed by atoms with van der Waals surface area (Å²) in [6.07, 6.45) is 0. The Labute approximate surface area is 149 Å². The number of para-hydroxylation sites is 1. The van der Waals surface area contributed by atoms with Gasteiger partial charge in [0.15, 0.2) is 5.52 Å². The molecule has 122 valence electrons. The lowest BCUT2D eigenvalue weighted by molar-refractivity contribution is -0.349. The molecule has 0 bridgehead atoms. The molecule has 3 aromatic carbocycles. The molecule has 1 heterocycles. The lowest BCUT2D eigenvalue weighted by atomic mass is 10.1. The Morgan fingerprint density at radius 3 is 2.56 bits per heavy atom. The third-order valence-corrected chi connectivity index (χ3v) is 4.22. The fourth-order valence-corrected chi connectivity index (χ4v) is 2.95. The van der Waals surface area contributed by atoms with Gasteiger partial charge in [-0.1, -0.05) is 41.9 Å². The first-order chi connectivity index (χ1) is 12.2. The number of H-pyrrole nitrogens is 1. The van der Waals surface area contributed by atoms with E-state index in [1.807, 2.05) is 54.6 Å². The summed E-state index contributed by atoms with van der Waals surface area (Å²) in [5, 5.41) is 14.6. The minimum absolute atomic E-state index is 0.203. The normalized spacial score (nSPS) is 10.8. The first kappa shape index (κ1) is 15.4. The second kappa shape index (κ2) is 6.42. The van der Waals surface area contributed by atoms with Crippen LogP contribution in [0.5, 0.6) is 5.75 Å². The maximum absolute atomic E-state index is 9.69. The van der Waals surface area contributed by atoms with Gasteiger partial charge in [0.25, 0.3) is 5.82 Å². The van der Waals surface area contributed by atoms with Gasteiger partial charge in [-0.15, -0.1) is 4.98 Å². The predicted octanol–water partition coefficient (Wildman–Crippen LogP) is 4.82. The Morgan fingerprint density at radius 2 is 1.72 bits per heavy atom. The summed E-state index contributed by atoms with van der Waals surface area (Å²) in [5.41, 5.74) is 2.45. The number of aromatic nitrogens is 2. The second-order valence-corrected chi connectivity index (χ2v) is 6.04. The van der Waals surface area contributed by atoms with Gasteiger partial charge in [0, 0.05) is 6.07 Å². The first-order valence-corrected chi connectivity index (χ1v) is 8.21. The van der Waals surface area contributed by atoms with Gasteiger partial charge >= 0.3 is 0 Å². The fraction of sp³-hybridized carbons (Fsp3) is 0. The Morgan fingerprint density at radius 1 is 0.920 bits per heavy atom. The summed E-state index contributed by atoms with van der Waals surface area (Å²) in [6, 6.07) is 22.4. The van der Waals surface area contributed by atoms with Crippen LogP contribution in [0.3, 0.4) is 0 Å². The zero-order chi connectivity index (χ0) is 17.2. The van der Waals surface area contributed by atoms with Crippen molar-refractivity contribution in [2.45, 2.75) is 0 Å². The van der Waals surface area contributed by atoms with Crippen molar-refractivity contribution in [2.24, 2.45) is 0 Å². The maximum Gasteiger partial charge on any atom is 0.269 e. The number of fused-ring (bicyclic) bond motifs is 1. The van der Waals surface area contributed by atoms with E-state index in [1.165, 1.54) is 0 Å². The highest BCUT2D eigenvalue weighted by Crippen LogP contribution is 2.28. The number of hydrogen-bond acceptors (Lipinski definition) is 3. The Hall–Kier alpha value is -3.11. The Balaban J connectivity index is 1.89. The van der Waals surface area contributed by atoms with Gasteiger partial charge in [-0.05, 0) is 36.4 Å². The summed E-state index contributed by atoms with van der Waals surface area (Å²) in [6.45, 7) is 0. The molecule has 0 saturated heterocycles. The number of aromatic amines is 1. The fourth-order valence-electron chi connectivity index (χ4n) is 2.72. The van der Waals surface area contributed by atoms with Gasteiger partial charge in [-0.2, -0.15) is 0 Å². The van der Waals surface area contributed by atoms with Crippen molar-refractivity contribution < 1.29 is 10.1 Å². The highest BCUT2D eigenvalue weighted by molar-refractivity contribution is 6.33. The molecule has 0 aliphatic carbocycles. The van der Waals surface area contributed by atoms with E-state index < -0.39 is 0 Å². The summed E-state index contributed by atoms with van der Waals surface area (Å²) >= 11 is 6.33.